The Hall–Kier alpha value is -1.40. The number of amides is 1. The summed E-state index contributed by atoms with van der Waals surface area (Å²) >= 11 is 0. The second-order valence-electron chi connectivity index (χ2n) is 24.2. The molecule has 0 saturated carbocycles. The number of carbonyl (C=O) groups is 2. The van der Waals surface area contributed by atoms with E-state index in [0.29, 0.717) is 19.4 Å². The van der Waals surface area contributed by atoms with Gasteiger partial charge in [-0.1, -0.05) is 366 Å². The van der Waals surface area contributed by atoms with E-state index in [1.807, 2.05) is 6.08 Å². The van der Waals surface area contributed by atoms with E-state index in [0.717, 1.165) is 38.5 Å². The van der Waals surface area contributed by atoms with Gasteiger partial charge in [0, 0.05) is 12.8 Å². The lowest BCUT2D eigenvalue weighted by Crippen LogP contribution is -2.45. The third kappa shape index (κ3) is 61.8. The Morgan fingerprint density at radius 1 is 0.355 bits per heavy atom. The van der Waals surface area contributed by atoms with Crippen molar-refractivity contribution in [3.8, 4) is 0 Å². The van der Waals surface area contributed by atoms with Crippen LogP contribution < -0.4 is 5.32 Å². The minimum Gasteiger partial charge on any atom is -0.466 e. The molecule has 0 aromatic rings. The van der Waals surface area contributed by atoms with E-state index < -0.39 is 12.1 Å². The lowest BCUT2D eigenvalue weighted by molar-refractivity contribution is -0.143. The van der Waals surface area contributed by atoms with Gasteiger partial charge in [-0.05, 0) is 32.1 Å². The maximum absolute atomic E-state index is 12.5. The number of unbranched alkanes of at least 4 members (excludes halogenated alkanes) is 55. The number of rotatable bonds is 66. The summed E-state index contributed by atoms with van der Waals surface area (Å²) in [6, 6.07) is -0.623. The Bertz CT molecular complexity index is 1140. The number of aliphatic hydroxyl groups excluding tert-OH is 2. The minimum atomic E-state index is -0.840. The molecule has 452 valence electrons. The number of aliphatic hydroxyl groups is 2. The third-order valence-corrected chi connectivity index (χ3v) is 16.6. The van der Waals surface area contributed by atoms with Crippen LogP contribution in [0.5, 0.6) is 0 Å². The maximum atomic E-state index is 12.5. The highest BCUT2D eigenvalue weighted by molar-refractivity contribution is 5.76. The summed E-state index contributed by atoms with van der Waals surface area (Å²) in [5.74, 6) is -0.0379. The molecule has 2 atom stereocenters. The molecule has 0 fully saturated rings. The van der Waals surface area contributed by atoms with Crippen molar-refractivity contribution in [3.05, 3.63) is 12.2 Å². The average Bonchev–Trinajstić information content (AvgIpc) is 3.42. The van der Waals surface area contributed by atoms with Crippen molar-refractivity contribution in [1.29, 1.82) is 0 Å². The lowest BCUT2D eigenvalue weighted by Gasteiger charge is -2.20. The standard InChI is InChI=1S/C70H137NO5/c1-3-5-7-9-11-13-15-17-39-42-46-50-54-58-62-68(73)67(66-72)71-69(74)63-59-55-51-47-43-40-37-35-33-31-29-27-25-23-21-19-18-20-22-24-26-28-30-32-34-36-38-41-45-49-53-57-61-65-76-70(75)64-60-56-52-48-44-16-14-12-10-8-6-4-2/h58,62,67-68,72-73H,3-57,59-61,63-66H2,1-2H3,(H,71,74)/b62-58+. The van der Waals surface area contributed by atoms with Gasteiger partial charge in [-0.2, -0.15) is 0 Å². The van der Waals surface area contributed by atoms with E-state index in [1.54, 1.807) is 6.08 Å². The van der Waals surface area contributed by atoms with E-state index in [2.05, 4.69) is 19.2 Å². The molecule has 0 aliphatic rings. The molecule has 3 N–H and O–H groups in total. The first-order valence-corrected chi connectivity index (χ1v) is 35.0. The van der Waals surface area contributed by atoms with E-state index in [9.17, 15) is 19.8 Å². The van der Waals surface area contributed by atoms with Crippen LogP contribution in [-0.2, 0) is 14.3 Å². The van der Waals surface area contributed by atoms with Crippen LogP contribution in [0.1, 0.15) is 399 Å². The molecule has 0 heterocycles. The molecule has 0 aromatic carbocycles. The van der Waals surface area contributed by atoms with E-state index in [4.69, 9.17) is 4.74 Å². The van der Waals surface area contributed by atoms with Crippen molar-refractivity contribution in [2.24, 2.45) is 0 Å². The summed E-state index contributed by atoms with van der Waals surface area (Å²) in [4.78, 5) is 24.5. The Kier molecular flexibility index (Phi) is 64.9. The average molecular weight is 1070 g/mol. The summed E-state index contributed by atoms with van der Waals surface area (Å²) in [5, 5.41) is 23.1. The molecule has 1 amide bonds. The third-order valence-electron chi connectivity index (χ3n) is 16.6. The van der Waals surface area contributed by atoms with Crippen LogP contribution in [0, 0.1) is 0 Å². The molecule has 0 spiro atoms. The Balaban J connectivity index is 3.31. The molecule has 0 bridgehead atoms. The first kappa shape index (κ1) is 74.6. The lowest BCUT2D eigenvalue weighted by atomic mass is 10.0. The summed E-state index contributed by atoms with van der Waals surface area (Å²) in [6.45, 7) is 4.94. The topological polar surface area (TPSA) is 95.9 Å². The van der Waals surface area contributed by atoms with Gasteiger partial charge in [0.2, 0.25) is 5.91 Å². The molecular weight excluding hydrogens is 935 g/mol. The van der Waals surface area contributed by atoms with Gasteiger partial charge in [-0.25, -0.2) is 0 Å². The van der Waals surface area contributed by atoms with E-state index >= 15 is 0 Å². The molecule has 2 unspecified atom stereocenters. The van der Waals surface area contributed by atoms with E-state index in [-0.39, 0.29) is 18.5 Å². The van der Waals surface area contributed by atoms with E-state index in [1.165, 1.54) is 334 Å². The molecule has 0 aliphatic carbocycles. The van der Waals surface area contributed by atoms with Gasteiger partial charge in [0.1, 0.15) is 0 Å². The van der Waals surface area contributed by atoms with Gasteiger partial charge in [0.25, 0.3) is 0 Å². The van der Waals surface area contributed by atoms with Crippen molar-refractivity contribution in [2.75, 3.05) is 13.2 Å². The molecule has 0 rings (SSSR count). The van der Waals surface area contributed by atoms with Crippen molar-refractivity contribution in [2.45, 2.75) is 411 Å². The zero-order chi connectivity index (χ0) is 55.0. The van der Waals surface area contributed by atoms with Gasteiger partial charge in [-0.3, -0.25) is 9.59 Å². The zero-order valence-electron chi connectivity index (χ0n) is 51.8. The fraction of sp³-hybridized carbons (Fsp3) is 0.943. The number of hydrogen-bond donors (Lipinski definition) is 3. The Morgan fingerprint density at radius 3 is 0.895 bits per heavy atom. The highest BCUT2D eigenvalue weighted by Gasteiger charge is 2.18. The van der Waals surface area contributed by atoms with Crippen LogP contribution >= 0.6 is 0 Å². The number of allylic oxidation sites excluding steroid dienone is 1. The quantitative estimate of drug-likeness (QED) is 0.0320. The van der Waals surface area contributed by atoms with Crippen molar-refractivity contribution >= 4 is 11.9 Å². The van der Waals surface area contributed by atoms with Gasteiger partial charge < -0.3 is 20.3 Å². The smallest absolute Gasteiger partial charge is 0.305 e. The van der Waals surface area contributed by atoms with Gasteiger partial charge in [0.05, 0.1) is 25.4 Å². The Morgan fingerprint density at radius 2 is 0.605 bits per heavy atom. The van der Waals surface area contributed by atoms with Crippen LogP contribution in [0.15, 0.2) is 12.2 Å². The van der Waals surface area contributed by atoms with Crippen LogP contribution in [0.25, 0.3) is 0 Å². The minimum absolute atomic E-state index is 0.0228. The highest BCUT2D eigenvalue weighted by atomic mass is 16.5. The second-order valence-corrected chi connectivity index (χ2v) is 24.2. The maximum Gasteiger partial charge on any atom is 0.305 e. The number of carbonyl (C=O) groups excluding carboxylic acids is 2. The summed E-state index contributed by atoms with van der Waals surface area (Å²) < 4.78 is 5.49. The van der Waals surface area contributed by atoms with Gasteiger partial charge >= 0.3 is 5.97 Å². The molecule has 0 aliphatic heterocycles. The monoisotopic (exact) mass is 1070 g/mol. The second kappa shape index (κ2) is 66.1. The van der Waals surface area contributed by atoms with Crippen molar-refractivity contribution in [3.63, 3.8) is 0 Å². The summed E-state index contributed by atoms with van der Waals surface area (Å²) in [5.41, 5.74) is 0. The molecule has 6 heteroatoms. The highest BCUT2D eigenvalue weighted by Crippen LogP contribution is 2.19. The van der Waals surface area contributed by atoms with Crippen LogP contribution in [0.2, 0.25) is 0 Å². The largest absolute Gasteiger partial charge is 0.466 e. The Labute approximate surface area is 476 Å². The molecule has 76 heavy (non-hydrogen) atoms. The fourth-order valence-corrected chi connectivity index (χ4v) is 11.2. The molecule has 0 radical (unpaired) electrons. The molecule has 6 nitrogen and oxygen atoms in total. The molecular formula is C70H137NO5. The first-order chi connectivity index (χ1) is 37.5. The van der Waals surface area contributed by atoms with Crippen LogP contribution in [0.4, 0.5) is 0 Å². The van der Waals surface area contributed by atoms with Gasteiger partial charge in [0.15, 0.2) is 0 Å². The fourth-order valence-electron chi connectivity index (χ4n) is 11.2. The number of ether oxygens (including phenoxy) is 1. The van der Waals surface area contributed by atoms with Crippen molar-refractivity contribution < 1.29 is 24.5 Å². The molecule has 0 aromatic heterocycles. The normalized spacial score (nSPS) is 12.5. The number of esters is 1. The zero-order valence-corrected chi connectivity index (χ0v) is 51.8. The number of hydrogen-bond acceptors (Lipinski definition) is 5. The SMILES string of the molecule is CCCCCCCCCCCCCC/C=C/C(O)C(CO)NC(=O)CCCCCCCCCCCCCCCCCCCCCCCCCCCCCCCCCCCOC(=O)CCCCCCCCCCCCCC. The summed E-state index contributed by atoms with van der Waals surface area (Å²) in [6.07, 6.45) is 81.6. The molecule has 0 saturated heterocycles. The predicted molar refractivity (Wildman–Crippen MR) is 333 cm³/mol. The van der Waals surface area contributed by atoms with Crippen LogP contribution in [0.3, 0.4) is 0 Å². The number of nitrogens with one attached hydrogen (secondary N) is 1. The predicted octanol–water partition coefficient (Wildman–Crippen LogP) is 22.4. The van der Waals surface area contributed by atoms with Crippen LogP contribution in [-0.4, -0.2) is 47.4 Å². The first-order valence-electron chi connectivity index (χ1n) is 35.0. The van der Waals surface area contributed by atoms with Crippen molar-refractivity contribution in [1.82, 2.24) is 5.32 Å². The van der Waals surface area contributed by atoms with Gasteiger partial charge in [-0.15, -0.1) is 0 Å². The summed E-state index contributed by atoms with van der Waals surface area (Å²) in [7, 11) is 0.